The van der Waals surface area contributed by atoms with E-state index in [4.69, 9.17) is 0 Å². The molecule has 87 valence electrons. The Morgan fingerprint density at radius 2 is 1.38 bits per heavy atom. The van der Waals surface area contributed by atoms with E-state index in [9.17, 15) is 0 Å². The third-order valence-electron chi connectivity index (χ3n) is 2.81. The molecule has 0 N–H and O–H groups in total. The fourth-order valence-corrected chi connectivity index (χ4v) is 21.2. The van der Waals surface area contributed by atoms with Crippen LogP contribution in [0, 0.1) is 0 Å². The summed E-state index contributed by atoms with van der Waals surface area (Å²) in [6.45, 7) is 5.10. The molecule has 0 aromatic rings. The van der Waals surface area contributed by atoms with Crippen LogP contribution in [0.5, 0.6) is 0 Å². The number of hydrogen-bond acceptors (Lipinski definition) is 0. The molecule has 0 bridgehead atoms. The number of rotatable bonds is 3. The van der Waals surface area contributed by atoms with Crippen LogP contribution >= 0.6 is 48.0 Å². The molecule has 0 nitrogen and oxygen atoms in total. The molecular weight excluding hydrogens is 517 g/mol. The van der Waals surface area contributed by atoms with Crippen LogP contribution in [0.2, 0.25) is 13.1 Å². The maximum atomic E-state index is 2.55. The van der Waals surface area contributed by atoms with Crippen LogP contribution in [-0.2, 0) is 20.9 Å². The maximum absolute atomic E-state index is 2.55. The summed E-state index contributed by atoms with van der Waals surface area (Å²) in [5.41, 5.74) is 0. The summed E-state index contributed by atoms with van der Waals surface area (Å²) in [5.74, 6) is -0.412. The van der Waals surface area contributed by atoms with Crippen LogP contribution in [0.25, 0.3) is 0 Å². The van der Waals surface area contributed by atoms with E-state index >= 15 is 0 Å². The van der Waals surface area contributed by atoms with Crippen LogP contribution in [0.15, 0.2) is 43.0 Å². The zero-order valence-corrected chi connectivity index (χ0v) is 17.6. The molecule has 0 atom stereocenters. The normalized spacial score (nSPS) is 16.7. The fraction of sp³-hybridized carbons (Fsp3) is 0.333. The van der Waals surface area contributed by atoms with Crippen molar-refractivity contribution in [2.45, 2.75) is 25.9 Å². The second-order valence-corrected chi connectivity index (χ2v) is 23.6. The van der Waals surface area contributed by atoms with Gasteiger partial charge in [0, 0.05) is 48.0 Å². The van der Waals surface area contributed by atoms with E-state index in [0.29, 0.717) is 0 Å². The van der Waals surface area contributed by atoms with E-state index in [1.165, 1.54) is 12.8 Å². The Morgan fingerprint density at radius 3 is 1.62 bits per heavy atom. The summed E-state index contributed by atoms with van der Waals surface area (Å²) >= 11 is -1.29. The minimum atomic E-state index is -1.29. The molecular formula is C12H17I2SiZr. The van der Waals surface area contributed by atoms with Crippen molar-refractivity contribution in [3.05, 3.63) is 43.0 Å². The van der Waals surface area contributed by atoms with Gasteiger partial charge in [0.1, 0.15) is 0 Å². The molecule has 0 amide bonds. The average molecular weight is 534 g/mol. The Hall–Kier alpha value is 1.52. The Morgan fingerprint density at radius 1 is 0.938 bits per heavy atom. The van der Waals surface area contributed by atoms with Gasteiger partial charge in [0.15, 0.2) is 0 Å². The topological polar surface area (TPSA) is 0 Å². The van der Waals surface area contributed by atoms with E-state index < -0.39 is 26.8 Å². The Bertz CT molecular complexity index is 313. The molecule has 2 aliphatic carbocycles. The van der Waals surface area contributed by atoms with E-state index in [0.717, 1.165) is 0 Å². The number of hydrogen-bond donors (Lipinski definition) is 0. The van der Waals surface area contributed by atoms with Gasteiger partial charge in [-0.15, -0.1) is 0 Å². The third kappa shape index (κ3) is 4.32. The second kappa shape index (κ2) is 8.59. The molecule has 0 unspecified atom stereocenters. The molecule has 0 aromatic heterocycles. The van der Waals surface area contributed by atoms with Gasteiger partial charge in [-0.2, -0.15) is 0 Å². The fourth-order valence-electron chi connectivity index (χ4n) is 2.24. The van der Waals surface area contributed by atoms with Gasteiger partial charge in [-0.3, -0.25) is 0 Å². The predicted molar refractivity (Wildman–Crippen MR) is 90.6 cm³/mol. The van der Waals surface area contributed by atoms with Gasteiger partial charge in [0.2, 0.25) is 0 Å². The van der Waals surface area contributed by atoms with Gasteiger partial charge >= 0.3 is 95.8 Å². The van der Waals surface area contributed by atoms with Crippen LogP contribution in [0.4, 0.5) is 0 Å². The number of halogens is 2. The maximum Gasteiger partial charge on any atom is 0 e. The third-order valence-corrected chi connectivity index (χ3v) is 22.1. The molecule has 4 heteroatoms. The van der Waals surface area contributed by atoms with Crippen LogP contribution in [0.1, 0.15) is 12.8 Å². The van der Waals surface area contributed by atoms with Gasteiger partial charge in [0.05, 0.1) is 0 Å². The van der Waals surface area contributed by atoms with Gasteiger partial charge in [0.25, 0.3) is 0 Å². The molecule has 0 spiro atoms. The smallest absolute Gasteiger partial charge is 0 e. The average Bonchev–Trinajstić information content (AvgIpc) is 2.75. The zero-order valence-electron chi connectivity index (χ0n) is 9.71. The van der Waals surface area contributed by atoms with Crippen molar-refractivity contribution < 1.29 is 20.9 Å². The molecule has 0 heterocycles. The largest absolute Gasteiger partial charge is 0 e. The first-order valence-corrected chi connectivity index (χ1v) is 15.0. The summed E-state index contributed by atoms with van der Waals surface area (Å²) in [6, 6.07) is 0. The summed E-state index contributed by atoms with van der Waals surface area (Å²) in [5, 5.41) is 0. The van der Waals surface area contributed by atoms with Crippen molar-refractivity contribution in [2.24, 2.45) is 0 Å². The molecule has 0 saturated heterocycles. The second-order valence-electron chi connectivity index (χ2n) is 4.22. The first kappa shape index (κ1) is 17.5. The molecule has 0 fully saturated rings. The van der Waals surface area contributed by atoms with Crippen molar-refractivity contribution in [3.63, 3.8) is 0 Å². The van der Waals surface area contributed by atoms with Gasteiger partial charge < -0.3 is 0 Å². The predicted octanol–water partition coefficient (Wildman–Crippen LogP) is 5.05. The molecule has 16 heavy (non-hydrogen) atoms. The Kier molecular flexibility index (Phi) is 9.41. The molecule has 0 aromatic carbocycles. The summed E-state index contributed by atoms with van der Waals surface area (Å²) in [4.78, 5) is 0. The molecule has 0 saturated carbocycles. The first-order chi connectivity index (χ1) is 6.79. The van der Waals surface area contributed by atoms with E-state index in [-0.39, 0.29) is 48.0 Å². The van der Waals surface area contributed by atoms with Crippen molar-refractivity contribution in [1.82, 2.24) is 0 Å². The van der Waals surface area contributed by atoms with Crippen LogP contribution in [0.3, 0.4) is 0 Å². The number of allylic oxidation sites excluding steroid dienone is 8. The van der Waals surface area contributed by atoms with Crippen molar-refractivity contribution in [3.8, 4) is 0 Å². The van der Waals surface area contributed by atoms with Gasteiger partial charge in [-0.1, -0.05) is 0 Å². The Balaban J connectivity index is 0.00000112. The van der Waals surface area contributed by atoms with E-state index in [2.05, 4.69) is 49.6 Å². The summed E-state index contributed by atoms with van der Waals surface area (Å²) in [6.07, 6.45) is 16.6. The molecule has 2 aliphatic rings. The van der Waals surface area contributed by atoms with Crippen molar-refractivity contribution >= 4 is 53.9 Å². The minimum Gasteiger partial charge on any atom is 0 e. The first-order valence-electron chi connectivity index (χ1n) is 5.38. The summed E-state index contributed by atoms with van der Waals surface area (Å²) < 4.78 is 3.70. The quantitative estimate of drug-likeness (QED) is 0.352. The zero-order chi connectivity index (χ0) is 9.97. The standard InChI is InChI=1S/2C5H5.C2H7Si.2I.Zr/c2*1-2-4-5-3-1;1-3-2;;;/h2*1-3H,4H2;3H,1-2H3;;;. The van der Waals surface area contributed by atoms with E-state index in [1.54, 1.807) is 0 Å². The SMILES string of the molecule is C[SiH](C)[Zr]([C]1=CC=CC1)[C]1=CC=CC1.[I].[I]. The monoisotopic (exact) mass is 533 g/mol. The molecule has 2 radical (unpaired) electrons. The van der Waals surface area contributed by atoms with Gasteiger partial charge in [-0.05, 0) is 0 Å². The Labute approximate surface area is 142 Å². The van der Waals surface area contributed by atoms with Crippen molar-refractivity contribution in [1.29, 1.82) is 0 Å². The van der Waals surface area contributed by atoms with Gasteiger partial charge in [-0.25, -0.2) is 0 Å². The van der Waals surface area contributed by atoms with Crippen molar-refractivity contribution in [2.75, 3.05) is 0 Å². The summed E-state index contributed by atoms with van der Waals surface area (Å²) in [7, 11) is 0. The van der Waals surface area contributed by atoms with Crippen LogP contribution in [-0.4, -0.2) is 5.92 Å². The minimum absolute atomic E-state index is 0. The molecule has 0 aliphatic heterocycles. The van der Waals surface area contributed by atoms with Crippen LogP contribution < -0.4 is 0 Å². The molecule has 2 rings (SSSR count). The van der Waals surface area contributed by atoms with E-state index in [1.807, 2.05) is 6.56 Å².